The number of rotatable bonds is 36. The molecule has 0 saturated heterocycles. The monoisotopic (exact) mass is 590 g/mol. The molecule has 2 N–H and O–H groups in total. The van der Waals surface area contributed by atoms with Gasteiger partial charge in [0.15, 0.2) is 0 Å². The second kappa shape index (κ2) is 36.4. The van der Waals surface area contributed by atoms with Crippen molar-refractivity contribution in [2.24, 2.45) is 11.7 Å². The second-order valence-corrected chi connectivity index (χ2v) is 13.6. The lowest BCUT2D eigenvalue weighted by molar-refractivity contribution is -0.122. The van der Waals surface area contributed by atoms with Crippen LogP contribution in [0.25, 0.3) is 0 Å². The fourth-order valence-electron chi connectivity index (χ4n) is 6.36. The fourth-order valence-corrected chi connectivity index (χ4v) is 6.36. The Kier molecular flexibility index (Phi) is 35.7. The first kappa shape index (κ1) is 41.2. The molecule has 0 bridgehead atoms. The summed E-state index contributed by atoms with van der Waals surface area (Å²) in [4.78, 5) is 11.9. The molecule has 0 rings (SSSR count). The van der Waals surface area contributed by atoms with Gasteiger partial charge in [-0.3, -0.25) is 4.79 Å². The molecule has 42 heavy (non-hydrogen) atoms. The Morgan fingerprint density at radius 1 is 0.405 bits per heavy atom. The summed E-state index contributed by atoms with van der Waals surface area (Å²) in [6, 6.07) is 0. The predicted molar refractivity (Wildman–Crippen MR) is 190 cm³/mol. The van der Waals surface area contributed by atoms with E-state index in [9.17, 15) is 4.79 Å². The molecule has 0 aromatic rings. The molecule has 0 heterocycles. The third kappa shape index (κ3) is 33.7. The minimum absolute atomic E-state index is 0.0583. The van der Waals surface area contributed by atoms with E-state index in [1.165, 1.54) is 205 Å². The lowest BCUT2D eigenvalue weighted by Gasteiger charge is -2.13. The Morgan fingerprint density at radius 2 is 0.643 bits per heavy atom. The van der Waals surface area contributed by atoms with Crippen LogP contribution in [0.2, 0.25) is 0 Å². The summed E-state index contributed by atoms with van der Waals surface area (Å²) >= 11 is 0. The van der Waals surface area contributed by atoms with Crippen molar-refractivity contribution in [3.63, 3.8) is 0 Å². The highest BCUT2D eigenvalue weighted by Gasteiger charge is 2.14. The van der Waals surface area contributed by atoms with Crippen LogP contribution in [0.4, 0.5) is 0 Å². The van der Waals surface area contributed by atoms with E-state index in [1.807, 2.05) is 0 Å². The molecule has 0 fully saturated rings. The number of carbonyl (C=O) groups is 1. The number of primary amides is 1. The lowest BCUT2D eigenvalue weighted by Crippen LogP contribution is -2.23. The molecule has 2 nitrogen and oxygen atoms in total. The van der Waals surface area contributed by atoms with Crippen LogP contribution >= 0.6 is 0 Å². The van der Waals surface area contributed by atoms with Gasteiger partial charge in [-0.15, -0.1) is 0 Å². The maximum absolute atomic E-state index is 11.9. The van der Waals surface area contributed by atoms with Gasteiger partial charge in [-0.25, -0.2) is 0 Å². The molecule has 0 aliphatic rings. The zero-order valence-electron chi connectivity index (χ0n) is 29.3. The molecule has 0 aliphatic heterocycles. The quantitative estimate of drug-likeness (QED) is 0.0573. The van der Waals surface area contributed by atoms with E-state index in [1.54, 1.807) is 0 Å². The summed E-state index contributed by atoms with van der Waals surface area (Å²) in [5.41, 5.74) is 5.74. The largest absolute Gasteiger partial charge is 0.369 e. The highest BCUT2D eigenvalue weighted by molar-refractivity contribution is 5.76. The molecule has 1 unspecified atom stereocenters. The number of hydrogen-bond donors (Lipinski definition) is 1. The van der Waals surface area contributed by atoms with E-state index in [4.69, 9.17) is 5.73 Å². The zero-order valence-corrected chi connectivity index (χ0v) is 29.3. The van der Waals surface area contributed by atoms with Gasteiger partial charge in [0.05, 0.1) is 0 Å². The topological polar surface area (TPSA) is 43.1 Å². The van der Waals surface area contributed by atoms with Crippen LogP contribution in [0.5, 0.6) is 0 Å². The molecule has 0 aromatic heterocycles. The minimum Gasteiger partial charge on any atom is -0.369 e. The molecule has 2 heteroatoms. The van der Waals surface area contributed by atoms with Gasteiger partial charge in [0, 0.05) is 5.92 Å². The summed E-state index contributed by atoms with van der Waals surface area (Å²) in [7, 11) is 0. The highest BCUT2D eigenvalue weighted by Crippen LogP contribution is 2.20. The SMILES string of the molecule is CCCCCCCC/C=C\CCCCCCCCCCC(CCCCCCCCCCCCCCCCCC)C(N)=O. The molecule has 1 amide bonds. The summed E-state index contributed by atoms with van der Waals surface area (Å²) in [5, 5.41) is 0. The first-order chi connectivity index (χ1) is 20.7. The van der Waals surface area contributed by atoms with Crippen molar-refractivity contribution in [1.29, 1.82) is 0 Å². The van der Waals surface area contributed by atoms with Crippen molar-refractivity contribution >= 4 is 5.91 Å². The van der Waals surface area contributed by atoms with Gasteiger partial charge in [-0.05, 0) is 38.5 Å². The van der Waals surface area contributed by atoms with Crippen molar-refractivity contribution in [2.45, 2.75) is 232 Å². The molecular formula is C40H79NO. The van der Waals surface area contributed by atoms with E-state index in [-0.39, 0.29) is 11.8 Å². The maximum Gasteiger partial charge on any atom is 0.220 e. The van der Waals surface area contributed by atoms with Gasteiger partial charge in [0.2, 0.25) is 5.91 Å². The standard InChI is InChI=1S/C40H79NO/c1-3-5-7-9-11-13-15-17-19-21-22-24-26-28-30-32-34-36-38-39(40(41)42)37-35-33-31-29-27-25-23-20-18-16-14-12-10-8-6-4-2/h17,19,39H,3-16,18,20-38H2,1-2H3,(H2,41,42)/b19-17-. The van der Waals surface area contributed by atoms with Crippen molar-refractivity contribution in [3.05, 3.63) is 12.2 Å². The van der Waals surface area contributed by atoms with Crippen LogP contribution in [0.3, 0.4) is 0 Å². The summed E-state index contributed by atoms with van der Waals surface area (Å²) < 4.78 is 0. The average molecular weight is 590 g/mol. The van der Waals surface area contributed by atoms with Crippen LogP contribution in [0, 0.1) is 5.92 Å². The van der Waals surface area contributed by atoms with Crippen LogP contribution in [0.1, 0.15) is 232 Å². The number of unbranched alkanes of at least 4 members (excludes halogenated alkanes) is 29. The summed E-state index contributed by atoms with van der Waals surface area (Å²) in [5.74, 6) is 0.0581. The molecule has 0 spiro atoms. The number of nitrogens with two attached hydrogens (primary N) is 1. The Balaban J connectivity index is 3.40. The molecule has 0 aromatic carbocycles. The van der Waals surface area contributed by atoms with Crippen molar-refractivity contribution in [1.82, 2.24) is 0 Å². The summed E-state index contributed by atoms with van der Waals surface area (Å²) in [6.45, 7) is 4.58. The van der Waals surface area contributed by atoms with Gasteiger partial charge in [0.1, 0.15) is 0 Å². The zero-order chi connectivity index (χ0) is 30.6. The minimum atomic E-state index is -0.0583. The van der Waals surface area contributed by atoms with E-state index in [0.717, 1.165) is 12.8 Å². The molecule has 0 saturated carbocycles. The Labute approximate surface area is 266 Å². The van der Waals surface area contributed by atoms with E-state index < -0.39 is 0 Å². The van der Waals surface area contributed by atoms with Crippen LogP contribution in [-0.2, 0) is 4.79 Å². The van der Waals surface area contributed by atoms with Crippen molar-refractivity contribution < 1.29 is 4.79 Å². The first-order valence-electron chi connectivity index (χ1n) is 19.7. The summed E-state index contributed by atoms with van der Waals surface area (Å²) in [6.07, 6.45) is 50.7. The normalized spacial score (nSPS) is 12.4. The van der Waals surface area contributed by atoms with Gasteiger partial charge in [0.25, 0.3) is 0 Å². The first-order valence-corrected chi connectivity index (χ1v) is 19.7. The maximum atomic E-state index is 11.9. The van der Waals surface area contributed by atoms with Crippen molar-refractivity contribution in [3.8, 4) is 0 Å². The molecule has 250 valence electrons. The third-order valence-corrected chi connectivity index (χ3v) is 9.37. The molecular weight excluding hydrogens is 510 g/mol. The molecule has 0 aliphatic carbocycles. The van der Waals surface area contributed by atoms with Crippen LogP contribution in [0.15, 0.2) is 12.2 Å². The predicted octanol–water partition coefficient (Wildman–Crippen LogP) is 13.9. The van der Waals surface area contributed by atoms with E-state index in [2.05, 4.69) is 26.0 Å². The molecule has 1 atom stereocenters. The van der Waals surface area contributed by atoms with Gasteiger partial charge in [-0.1, -0.05) is 206 Å². The average Bonchev–Trinajstić information content (AvgIpc) is 2.99. The Morgan fingerprint density at radius 3 is 0.905 bits per heavy atom. The smallest absolute Gasteiger partial charge is 0.220 e. The van der Waals surface area contributed by atoms with Gasteiger partial charge in [-0.2, -0.15) is 0 Å². The van der Waals surface area contributed by atoms with Crippen LogP contribution in [-0.4, -0.2) is 5.91 Å². The number of carbonyl (C=O) groups excluding carboxylic acids is 1. The number of allylic oxidation sites excluding steroid dienone is 2. The van der Waals surface area contributed by atoms with E-state index >= 15 is 0 Å². The Hall–Kier alpha value is -0.790. The Bertz CT molecular complexity index is 542. The number of hydrogen-bond acceptors (Lipinski definition) is 1. The number of amides is 1. The van der Waals surface area contributed by atoms with Crippen LogP contribution < -0.4 is 5.73 Å². The lowest BCUT2D eigenvalue weighted by atomic mass is 9.93. The second-order valence-electron chi connectivity index (χ2n) is 13.6. The van der Waals surface area contributed by atoms with E-state index in [0.29, 0.717) is 0 Å². The van der Waals surface area contributed by atoms with Crippen molar-refractivity contribution in [2.75, 3.05) is 0 Å². The molecule has 0 radical (unpaired) electrons. The fraction of sp³-hybridized carbons (Fsp3) is 0.925. The third-order valence-electron chi connectivity index (χ3n) is 9.37. The van der Waals surface area contributed by atoms with Gasteiger partial charge < -0.3 is 5.73 Å². The highest BCUT2D eigenvalue weighted by atomic mass is 16.1. The van der Waals surface area contributed by atoms with Gasteiger partial charge >= 0.3 is 0 Å².